The minimum absolute atomic E-state index is 0.0153. The summed E-state index contributed by atoms with van der Waals surface area (Å²) in [7, 11) is -24.8. The van der Waals surface area contributed by atoms with Crippen LogP contribution in [-0.2, 0) is 56.0 Å². The molecule has 101 heavy (non-hydrogen) atoms. The Morgan fingerprint density at radius 2 is 0.733 bits per heavy atom. The molecule has 8 aromatic carbocycles. The normalized spacial score (nSPS) is 13.1. The van der Waals surface area contributed by atoms with Crippen LogP contribution >= 0.6 is 0 Å². The number of rotatable bonds is 15. The van der Waals surface area contributed by atoms with Crippen molar-refractivity contribution in [2.24, 2.45) is 9.98 Å². The second kappa shape index (κ2) is 25.4. The predicted molar refractivity (Wildman–Crippen MR) is 388 cm³/mol. The third-order valence-corrected chi connectivity index (χ3v) is 23.0. The average molecular weight is 1460 g/mol. The molecule has 0 bridgehead atoms. The summed E-state index contributed by atoms with van der Waals surface area (Å²) in [6.45, 7) is 22.0. The molecule has 26 heteroatoms. The summed E-state index contributed by atoms with van der Waals surface area (Å²) in [5.41, 5.74) is 11.4. The van der Waals surface area contributed by atoms with Gasteiger partial charge in [-0.25, -0.2) is 9.98 Å². The number of hydrogen-bond acceptors (Lipinski definition) is 16. The second-order valence-electron chi connectivity index (χ2n) is 26.0. The van der Waals surface area contributed by atoms with Gasteiger partial charge < -0.3 is 19.5 Å². The van der Waals surface area contributed by atoms with Crippen LogP contribution < -0.4 is 21.3 Å². The highest BCUT2D eigenvalue weighted by atomic mass is 32.2. The Hall–Kier alpha value is -9.71. The number of hydrogen-bond donors (Lipinski definition) is 7. The monoisotopic (exact) mass is 1460 g/mol. The lowest BCUT2D eigenvalue weighted by atomic mass is 9.76. The Morgan fingerprint density at radius 1 is 0.366 bits per heavy atom. The molecule has 21 nitrogen and oxygen atoms in total. The van der Waals surface area contributed by atoms with Gasteiger partial charge in [0.25, 0.3) is 50.6 Å². The molecule has 2 aliphatic heterocycles. The van der Waals surface area contributed by atoms with Crippen LogP contribution in [0, 0.1) is 69.2 Å². The molecule has 0 radical (unpaired) electrons. The van der Waals surface area contributed by atoms with Gasteiger partial charge in [-0.2, -0.15) is 42.1 Å². The fourth-order valence-corrected chi connectivity index (χ4v) is 17.4. The van der Waals surface area contributed by atoms with Crippen LogP contribution in [0.5, 0.6) is 0 Å². The van der Waals surface area contributed by atoms with Crippen molar-refractivity contribution in [1.29, 1.82) is 0 Å². The van der Waals surface area contributed by atoms with Crippen molar-refractivity contribution in [2.75, 3.05) is 10.6 Å². The maximum atomic E-state index is 13.6. The van der Waals surface area contributed by atoms with Crippen LogP contribution in [0.3, 0.4) is 0 Å². The molecule has 7 N–H and O–H groups in total. The van der Waals surface area contributed by atoms with E-state index in [1.165, 1.54) is 80.6 Å². The molecule has 0 atom stereocenters. The van der Waals surface area contributed by atoms with Gasteiger partial charge in [0.2, 0.25) is 0 Å². The molecule has 2 aliphatic carbocycles. The van der Waals surface area contributed by atoms with Gasteiger partial charge in [0.05, 0.1) is 22.1 Å². The van der Waals surface area contributed by atoms with Crippen molar-refractivity contribution in [3.63, 3.8) is 0 Å². The topological polar surface area (TPSA) is 347 Å². The molecule has 0 saturated carbocycles. The van der Waals surface area contributed by atoms with Gasteiger partial charge >= 0.3 is 0 Å². The lowest BCUT2D eigenvalue weighted by Gasteiger charge is -2.29. The van der Waals surface area contributed by atoms with E-state index in [2.05, 4.69) is 29.5 Å². The zero-order valence-electron chi connectivity index (χ0n) is 56.5. The van der Waals surface area contributed by atoms with Gasteiger partial charge in [-0.05, 0) is 179 Å². The summed E-state index contributed by atoms with van der Waals surface area (Å²) < 4.78 is 197. The standard InChI is InChI=1S/C75H68N4O17S5/c1-38-25-39(2)70(40(3)26-38)76-50-21-23-52-60(32-50)95-62-36-58(66(99(86,87)88)34-56(62)68(52)54-17-13-15-19-64(54)97(80,81)82)78-72-44(7)30-49(31-45(72)8)75(11,12)48-28-42(5)71(43(6)29-48)77-51-22-24-53-61(33-51)96-63-37-59(79-73-41(4)27-46(9)74(47(73)10)101(92,93)94)67(100(89,90)91)35-57(63)69(53)55-18-14-16-20-65(55)98(83,84)85/h13-37,76-77H,1-12H3,(H,80,81,82)(H,83,84,85)(H,86,87,88)(H,89,90,91)(H,92,93,94). The minimum Gasteiger partial charge on any atom is -0.456 e. The molecular weight excluding hydrogens is 1390 g/mol. The van der Waals surface area contributed by atoms with Gasteiger partial charge in [-0.1, -0.05) is 98.3 Å². The first-order valence-corrected chi connectivity index (χ1v) is 38.5. The molecule has 8 aromatic rings. The van der Waals surface area contributed by atoms with Crippen LogP contribution in [0.15, 0.2) is 195 Å². The molecular formula is C75H68N4O17S5. The lowest BCUT2D eigenvalue weighted by molar-refractivity contribution is 0.479. The quantitative estimate of drug-likeness (QED) is 0.0370. The van der Waals surface area contributed by atoms with Gasteiger partial charge in [-0.3, -0.25) is 22.8 Å². The molecule has 0 fully saturated rings. The second-order valence-corrected chi connectivity index (χ2v) is 32.9. The summed E-state index contributed by atoms with van der Waals surface area (Å²) in [6, 6.07) is 39.7. The SMILES string of the molecule is Cc1cc(C)c(Nc2ccc3c(-c4ccccc4S(=O)(=O)O)c4cc(S(=O)(=O)O)c(=Nc5c(C)cc(C(C)(C)c6cc(C)c(Nc7ccc8c(-c9ccccc9S(=O)(=O)O)c9cc(S(=O)(=O)O)c(=Nc%10c(C)cc(C)c(S(=O)(=O)O)c%10C)cc-9oc8c7)c(C)c6)cc5C)cc-4oc3c2)c(C)c1. The summed E-state index contributed by atoms with van der Waals surface area (Å²) in [5, 5.41) is 7.03. The number of aryl methyl sites for hydroxylation is 9. The smallest absolute Gasteiger partial charge is 0.296 e. The maximum Gasteiger partial charge on any atom is 0.296 e. The Labute approximate surface area is 584 Å². The van der Waals surface area contributed by atoms with Crippen molar-refractivity contribution in [2.45, 2.75) is 113 Å². The predicted octanol–water partition coefficient (Wildman–Crippen LogP) is 16.3. The molecule has 0 aromatic heterocycles. The van der Waals surface area contributed by atoms with Crippen LogP contribution in [0.1, 0.15) is 80.6 Å². The number of fused-ring (bicyclic) bond motifs is 4. The van der Waals surface area contributed by atoms with Crippen LogP contribution in [0.4, 0.5) is 34.1 Å². The van der Waals surface area contributed by atoms with Gasteiger partial charge in [0.1, 0.15) is 47.2 Å². The summed E-state index contributed by atoms with van der Waals surface area (Å²) in [5.74, 6) is 0.00346. The Kier molecular flexibility index (Phi) is 17.9. The fourth-order valence-electron chi connectivity index (χ4n) is 13.7. The van der Waals surface area contributed by atoms with Crippen molar-refractivity contribution >= 4 is 107 Å². The summed E-state index contributed by atoms with van der Waals surface area (Å²) in [4.78, 5) is 6.71. The van der Waals surface area contributed by atoms with Crippen molar-refractivity contribution in [1.82, 2.24) is 0 Å². The first-order chi connectivity index (χ1) is 47.1. The molecule has 4 aliphatic rings. The Balaban J connectivity index is 0.944. The molecule has 12 rings (SSSR count). The van der Waals surface area contributed by atoms with E-state index >= 15 is 0 Å². The van der Waals surface area contributed by atoms with E-state index in [1.54, 1.807) is 49.4 Å². The van der Waals surface area contributed by atoms with Crippen LogP contribution in [0.2, 0.25) is 0 Å². The van der Waals surface area contributed by atoms with E-state index in [0.717, 1.165) is 50.7 Å². The largest absolute Gasteiger partial charge is 0.456 e. The van der Waals surface area contributed by atoms with E-state index in [-0.39, 0.29) is 83.6 Å². The first-order valence-electron chi connectivity index (χ1n) is 31.3. The highest BCUT2D eigenvalue weighted by molar-refractivity contribution is 7.87. The summed E-state index contributed by atoms with van der Waals surface area (Å²) in [6.07, 6.45) is 0. The molecule has 0 unspecified atom stereocenters. The van der Waals surface area contributed by atoms with Gasteiger partial charge in [0.15, 0.2) is 0 Å². The van der Waals surface area contributed by atoms with Gasteiger partial charge in [-0.15, -0.1) is 0 Å². The Morgan fingerprint density at radius 3 is 1.13 bits per heavy atom. The highest BCUT2D eigenvalue weighted by Crippen LogP contribution is 2.48. The molecule has 520 valence electrons. The van der Waals surface area contributed by atoms with Crippen LogP contribution in [0.25, 0.3) is 66.8 Å². The van der Waals surface area contributed by atoms with Gasteiger partial charge in [0, 0.05) is 96.6 Å². The average Bonchev–Trinajstić information content (AvgIpc) is 0.739. The number of benzene rings is 10. The number of nitrogens with one attached hydrogen (secondary N) is 2. The summed E-state index contributed by atoms with van der Waals surface area (Å²) >= 11 is 0. The third-order valence-electron chi connectivity index (χ3n) is 18.3. The molecule has 2 heterocycles. The van der Waals surface area contributed by atoms with E-state index in [1.807, 2.05) is 84.9 Å². The van der Waals surface area contributed by atoms with E-state index < -0.39 is 85.8 Å². The van der Waals surface area contributed by atoms with Crippen LogP contribution in [-0.4, -0.2) is 64.9 Å². The highest BCUT2D eigenvalue weighted by Gasteiger charge is 2.32. The van der Waals surface area contributed by atoms with E-state index in [4.69, 9.17) is 13.8 Å². The molecule has 0 amide bonds. The fraction of sp³-hybridized carbons (Fsp3) is 0.173. The molecule has 0 saturated heterocycles. The van der Waals surface area contributed by atoms with Crippen molar-refractivity contribution in [3.05, 3.63) is 229 Å². The first kappa shape index (κ1) is 71.1. The molecule has 0 spiro atoms. The Bertz CT molecular complexity index is 6210. The van der Waals surface area contributed by atoms with E-state index in [9.17, 15) is 64.9 Å². The third kappa shape index (κ3) is 13.5. The lowest BCUT2D eigenvalue weighted by Crippen LogP contribution is -2.20. The zero-order chi connectivity index (χ0) is 73.3. The number of anilines is 4. The van der Waals surface area contributed by atoms with E-state index in [0.29, 0.717) is 44.8 Å². The number of nitrogens with zero attached hydrogens (tertiary/aromatic N) is 2. The minimum atomic E-state index is -5.17. The maximum absolute atomic E-state index is 13.6. The zero-order valence-corrected chi connectivity index (χ0v) is 60.6. The van der Waals surface area contributed by atoms with Crippen molar-refractivity contribution < 1.29 is 73.7 Å². The van der Waals surface area contributed by atoms with Crippen molar-refractivity contribution in [3.8, 4) is 44.9 Å².